The quantitative estimate of drug-likeness (QED) is 0.203. The minimum absolute atomic E-state index is 0.0152. The number of esters is 1. The fourth-order valence-electron chi connectivity index (χ4n) is 3.85. The molecule has 5 nitrogen and oxygen atoms in total. The van der Waals surface area contributed by atoms with Crippen LogP contribution in [0.3, 0.4) is 0 Å². The summed E-state index contributed by atoms with van der Waals surface area (Å²) in [6.45, 7) is 2.17. The lowest BCUT2D eigenvalue weighted by Gasteiger charge is -2.15. The summed E-state index contributed by atoms with van der Waals surface area (Å²) in [6.07, 6.45) is 1.57. The molecule has 0 amide bonds. The van der Waals surface area contributed by atoms with Gasteiger partial charge in [-0.25, -0.2) is 14.2 Å². The van der Waals surface area contributed by atoms with Crippen molar-refractivity contribution in [2.24, 2.45) is 4.99 Å². The van der Waals surface area contributed by atoms with E-state index in [4.69, 9.17) is 25.8 Å². The SMILES string of the molecule is CCOc1cc(/C=C2\N=C(c3ccc4ccccc4c3)OC2=O)cc(Cl)c1OCc1ccccc1F. The zero-order valence-electron chi connectivity index (χ0n) is 19.3. The van der Waals surface area contributed by atoms with E-state index in [1.807, 2.05) is 49.4 Å². The molecule has 36 heavy (non-hydrogen) atoms. The lowest BCUT2D eigenvalue weighted by Crippen LogP contribution is -2.05. The molecule has 180 valence electrons. The van der Waals surface area contributed by atoms with E-state index in [0.29, 0.717) is 34.8 Å². The Morgan fingerprint density at radius 2 is 1.75 bits per heavy atom. The highest BCUT2D eigenvalue weighted by Crippen LogP contribution is 2.38. The van der Waals surface area contributed by atoms with Crippen LogP contribution in [0, 0.1) is 5.82 Å². The molecule has 0 bridgehead atoms. The molecular formula is C29H21ClFNO4. The van der Waals surface area contributed by atoms with Gasteiger partial charge < -0.3 is 14.2 Å². The van der Waals surface area contributed by atoms with Gasteiger partial charge in [-0.3, -0.25) is 0 Å². The maximum atomic E-state index is 14.0. The average molecular weight is 502 g/mol. The second kappa shape index (κ2) is 10.2. The third kappa shape index (κ3) is 4.95. The van der Waals surface area contributed by atoms with E-state index in [1.54, 1.807) is 36.4 Å². The first-order valence-corrected chi connectivity index (χ1v) is 11.7. The Morgan fingerprint density at radius 1 is 0.972 bits per heavy atom. The molecule has 1 aliphatic rings. The molecule has 0 aliphatic carbocycles. The van der Waals surface area contributed by atoms with Gasteiger partial charge in [-0.15, -0.1) is 0 Å². The van der Waals surface area contributed by atoms with Crippen LogP contribution in [0.4, 0.5) is 4.39 Å². The van der Waals surface area contributed by atoms with Gasteiger partial charge in [-0.05, 0) is 59.7 Å². The van der Waals surface area contributed by atoms with Crippen LogP contribution in [-0.4, -0.2) is 18.5 Å². The molecule has 0 N–H and O–H groups in total. The maximum Gasteiger partial charge on any atom is 0.363 e. The van der Waals surface area contributed by atoms with E-state index in [1.165, 1.54) is 6.07 Å². The molecule has 0 spiro atoms. The van der Waals surface area contributed by atoms with Crippen molar-refractivity contribution >= 4 is 40.3 Å². The van der Waals surface area contributed by atoms with E-state index in [2.05, 4.69) is 4.99 Å². The van der Waals surface area contributed by atoms with Crippen LogP contribution < -0.4 is 9.47 Å². The van der Waals surface area contributed by atoms with E-state index >= 15 is 0 Å². The second-order valence-electron chi connectivity index (χ2n) is 8.04. The first-order chi connectivity index (χ1) is 17.5. The van der Waals surface area contributed by atoms with Crippen molar-refractivity contribution in [2.75, 3.05) is 6.61 Å². The number of hydrogen-bond donors (Lipinski definition) is 0. The number of carbonyl (C=O) groups excluding carboxylic acids is 1. The third-order valence-corrected chi connectivity index (χ3v) is 5.86. The molecule has 5 rings (SSSR count). The Hall–Kier alpha value is -4.16. The molecule has 0 fully saturated rings. The van der Waals surface area contributed by atoms with Gasteiger partial charge >= 0.3 is 5.97 Å². The Labute approximate surface area is 212 Å². The van der Waals surface area contributed by atoms with Crippen LogP contribution in [0.25, 0.3) is 16.8 Å². The predicted octanol–water partition coefficient (Wildman–Crippen LogP) is 6.95. The largest absolute Gasteiger partial charge is 0.490 e. The fourth-order valence-corrected chi connectivity index (χ4v) is 4.13. The molecule has 0 saturated carbocycles. The Morgan fingerprint density at radius 3 is 2.56 bits per heavy atom. The van der Waals surface area contributed by atoms with E-state index < -0.39 is 5.97 Å². The van der Waals surface area contributed by atoms with Gasteiger partial charge in [-0.1, -0.05) is 60.1 Å². The van der Waals surface area contributed by atoms with E-state index in [9.17, 15) is 9.18 Å². The number of halogens is 2. The summed E-state index contributed by atoms with van der Waals surface area (Å²) >= 11 is 6.50. The van der Waals surface area contributed by atoms with Gasteiger partial charge in [0.15, 0.2) is 17.2 Å². The lowest BCUT2D eigenvalue weighted by molar-refractivity contribution is -0.129. The van der Waals surface area contributed by atoms with Gasteiger partial charge in [0.2, 0.25) is 5.90 Å². The highest BCUT2D eigenvalue weighted by molar-refractivity contribution is 6.32. The summed E-state index contributed by atoms with van der Waals surface area (Å²) in [4.78, 5) is 17.0. The second-order valence-corrected chi connectivity index (χ2v) is 8.45. The molecule has 4 aromatic carbocycles. The topological polar surface area (TPSA) is 57.1 Å². The van der Waals surface area contributed by atoms with E-state index in [-0.39, 0.29) is 29.0 Å². The zero-order valence-corrected chi connectivity index (χ0v) is 20.1. The number of fused-ring (bicyclic) bond motifs is 1. The van der Waals surface area contributed by atoms with Crippen LogP contribution in [0.5, 0.6) is 11.5 Å². The fraction of sp³-hybridized carbons (Fsp3) is 0.103. The molecule has 1 heterocycles. The first kappa shape index (κ1) is 23.6. The number of nitrogens with zero attached hydrogens (tertiary/aromatic N) is 1. The number of cyclic esters (lactones) is 1. The van der Waals surface area contributed by atoms with Crippen LogP contribution in [0.15, 0.2) is 89.6 Å². The summed E-state index contributed by atoms with van der Waals surface area (Å²) < 4.78 is 30.9. The van der Waals surface area contributed by atoms with Crippen molar-refractivity contribution in [3.05, 3.63) is 112 Å². The van der Waals surface area contributed by atoms with Crippen LogP contribution >= 0.6 is 11.6 Å². The number of aliphatic imine (C=N–C) groups is 1. The highest BCUT2D eigenvalue weighted by Gasteiger charge is 2.25. The predicted molar refractivity (Wildman–Crippen MR) is 138 cm³/mol. The average Bonchev–Trinajstić information content (AvgIpc) is 3.24. The van der Waals surface area contributed by atoms with Gasteiger partial charge in [-0.2, -0.15) is 0 Å². The van der Waals surface area contributed by atoms with Gasteiger partial charge in [0.05, 0.1) is 11.6 Å². The summed E-state index contributed by atoms with van der Waals surface area (Å²) in [7, 11) is 0. The molecule has 7 heteroatoms. The summed E-state index contributed by atoms with van der Waals surface area (Å²) in [5.74, 6) is -0.0330. The molecule has 0 atom stereocenters. The molecule has 0 aromatic heterocycles. The number of hydrogen-bond acceptors (Lipinski definition) is 5. The molecule has 0 radical (unpaired) electrons. The number of rotatable bonds is 7. The van der Waals surface area contributed by atoms with Crippen molar-refractivity contribution < 1.29 is 23.4 Å². The smallest absolute Gasteiger partial charge is 0.363 e. The summed E-state index contributed by atoms with van der Waals surface area (Å²) in [6, 6.07) is 23.3. The summed E-state index contributed by atoms with van der Waals surface area (Å²) in [5.41, 5.74) is 1.82. The third-order valence-electron chi connectivity index (χ3n) is 5.58. The minimum Gasteiger partial charge on any atom is -0.490 e. The first-order valence-electron chi connectivity index (χ1n) is 11.4. The van der Waals surface area contributed by atoms with Gasteiger partial charge in [0.1, 0.15) is 12.4 Å². The molecule has 1 aliphatic heterocycles. The van der Waals surface area contributed by atoms with Crippen molar-refractivity contribution in [1.82, 2.24) is 0 Å². The number of benzene rings is 4. The van der Waals surface area contributed by atoms with Crippen molar-refractivity contribution in [3.63, 3.8) is 0 Å². The van der Waals surface area contributed by atoms with Gasteiger partial charge in [0, 0.05) is 11.1 Å². The van der Waals surface area contributed by atoms with Crippen molar-refractivity contribution in [3.8, 4) is 11.5 Å². The lowest BCUT2D eigenvalue weighted by atomic mass is 10.1. The zero-order chi connectivity index (χ0) is 25.1. The van der Waals surface area contributed by atoms with Crippen LogP contribution in [0.1, 0.15) is 23.6 Å². The highest BCUT2D eigenvalue weighted by atomic mass is 35.5. The van der Waals surface area contributed by atoms with Crippen molar-refractivity contribution in [2.45, 2.75) is 13.5 Å². The Bertz CT molecular complexity index is 1530. The van der Waals surface area contributed by atoms with Crippen LogP contribution in [-0.2, 0) is 16.1 Å². The molecule has 0 saturated heterocycles. The Balaban J connectivity index is 1.43. The number of carbonyl (C=O) groups is 1. The minimum atomic E-state index is -0.563. The monoisotopic (exact) mass is 501 g/mol. The standard InChI is InChI=1S/C29H21ClFNO4/c1-2-34-26-15-18(13-23(30)27(26)35-17-22-9-5-6-10-24(22)31)14-25-29(33)36-28(32-25)21-12-11-19-7-3-4-8-20(19)16-21/h3-16H,2,17H2,1H3/b25-14-. The number of ether oxygens (including phenoxy) is 3. The molecular weight excluding hydrogens is 481 g/mol. The molecule has 4 aromatic rings. The van der Waals surface area contributed by atoms with Crippen LogP contribution in [0.2, 0.25) is 5.02 Å². The van der Waals surface area contributed by atoms with Gasteiger partial charge in [0.25, 0.3) is 0 Å². The summed E-state index contributed by atoms with van der Waals surface area (Å²) in [5, 5.41) is 2.36. The van der Waals surface area contributed by atoms with Crippen molar-refractivity contribution in [1.29, 1.82) is 0 Å². The maximum absolute atomic E-state index is 14.0. The Kier molecular flexibility index (Phi) is 6.69. The van der Waals surface area contributed by atoms with E-state index in [0.717, 1.165) is 10.8 Å². The normalized spacial score (nSPS) is 14.1. The molecule has 0 unspecified atom stereocenters.